The summed E-state index contributed by atoms with van der Waals surface area (Å²) in [7, 11) is 0. The Labute approximate surface area is 148 Å². The molecule has 0 bridgehead atoms. The van der Waals surface area contributed by atoms with E-state index in [1.54, 1.807) is 18.2 Å². The van der Waals surface area contributed by atoms with E-state index in [2.05, 4.69) is 11.8 Å². The van der Waals surface area contributed by atoms with Crippen LogP contribution in [0.4, 0.5) is 0 Å². The predicted octanol–water partition coefficient (Wildman–Crippen LogP) is 2.18. The van der Waals surface area contributed by atoms with Gasteiger partial charge in [-0.25, -0.2) is 0 Å². The fraction of sp³-hybridized carbons (Fsp3) is 0.579. The molecule has 2 aliphatic heterocycles. The van der Waals surface area contributed by atoms with Crippen LogP contribution in [0.3, 0.4) is 0 Å². The number of carbonyl (C=O) groups excluding carboxylic acids is 1. The molecule has 2 saturated heterocycles. The van der Waals surface area contributed by atoms with Crippen LogP contribution in [-0.4, -0.2) is 64.1 Å². The van der Waals surface area contributed by atoms with E-state index in [1.807, 2.05) is 4.90 Å². The molecule has 1 unspecified atom stereocenters. The van der Waals surface area contributed by atoms with Crippen LogP contribution in [0.1, 0.15) is 43.0 Å². The number of piperidine rings is 1. The highest BCUT2D eigenvalue weighted by Gasteiger charge is 2.48. The number of carboxylic acid groups (broad SMARTS) is 1. The number of likely N-dealkylation sites (tertiary alicyclic amines) is 2. The molecule has 1 spiro atoms. The number of benzene rings is 1. The Hall–Kier alpha value is -2.08. The summed E-state index contributed by atoms with van der Waals surface area (Å²) in [5.74, 6) is -0.706. The first kappa shape index (κ1) is 17.7. The molecule has 0 saturated carbocycles. The van der Waals surface area contributed by atoms with Crippen molar-refractivity contribution in [1.82, 2.24) is 9.80 Å². The van der Waals surface area contributed by atoms with Gasteiger partial charge in [0.1, 0.15) is 11.8 Å². The van der Waals surface area contributed by atoms with Crippen molar-refractivity contribution in [3.05, 3.63) is 29.8 Å². The van der Waals surface area contributed by atoms with Crippen molar-refractivity contribution in [3.63, 3.8) is 0 Å². The van der Waals surface area contributed by atoms with E-state index in [4.69, 9.17) is 0 Å². The lowest BCUT2D eigenvalue weighted by atomic mass is 9.76. The molecule has 6 nitrogen and oxygen atoms in total. The number of carboxylic acids is 1. The molecule has 25 heavy (non-hydrogen) atoms. The topological polar surface area (TPSA) is 81.1 Å². The first-order chi connectivity index (χ1) is 11.9. The number of rotatable bonds is 4. The molecule has 0 aliphatic carbocycles. The third kappa shape index (κ3) is 3.63. The van der Waals surface area contributed by atoms with E-state index >= 15 is 0 Å². The van der Waals surface area contributed by atoms with Crippen molar-refractivity contribution in [2.24, 2.45) is 5.41 Å². The average Bonchev–Trinajstić information content (AvgIpc) is 2.94. The SMILES string of the molecule is CCCN1CC2(CCN(C(=O)c3cccc(O)c3)CC2)CC1C(=O)O. The molecule has 1 aromatic carbocycles. The van der Waals surface area contributed by atoms with Crippen molar-refractivity contribution in [2.45, 2.75) is 38.6 Å². The molecular formula is C19H26N2O4. The van der Waals surface area contributed by atoms with Crippen molar-refractivity contribution in [2.75, 3.05) is 26.2 Å². The highest BCUT2D eigenvalue weighted by atomic mass is 16.4. The number of hydrogen-bond acceptors (Lipinski definition) is 4. The number of amides is 1. The van der Waals surface area contributed by atoms with Gasteiger partial charge in [0.05, 0.1) is 0 Å². The fourth-order valence-electron chi connectivity index (χ4n) is 4.28. The predicted molar refractivity (Wildman–Crippen MR) is 93.6 cm³/mol. The lowest BCUT2D eigenvalue weighted by molar-refractivity contribution is -0.142. The number of phenols is 1. The fourth-order valence-corrected chi connectivity index (χ4v) is 4.28. The molecular weight excluding hydrogens is 320 g/mol. The highest BCUT2D eigenvalue weighted by molar-refractivity contribution is 5.94. The molecule has 6 heteroatoms. The molecule has 2 aliphatic rings. The number of nitrogens with zero attached hydrogens (tertiary/aromatic N) is 2. The third-order valence-electron chi connectivity index (χ3n) is 5.61. The second-order valence-corrected chi connectivity index (χ2v) is 7.37. The lowest BCUT2D eigenvalue weighted by Crippen LogP contribution is -2.44. The number of aromatic hydroxyl groups is 1. The van der Waals surface area contributed by atoms with Gasteiger partial charge in [-0.15, -0.1) is 0 Å². The minimum absolute atomic E-state index is 0.00777. The van der Waals surface area contributed by atoms with Crippen molar-refractivity contribution < 1.29 is 19.8 Å². The Bertz CT molecular complexity index is 653. The lowest BCUT2D eigenvalue weighted by Gasteiger charge is -2.39. The zero-order chi connectivity index (χ0) is 18.0. The zero-order valence-electron chi connectivity index (χ0n) is 14.6. The van der Waals surface area contributed by atoms with Gasteiger partial charge in [0.2, 0.25) is 0 Å². The van der Waals surface area contributed by atoms with E-state index in [9.17, 15) is 19.8 Å². The largest absolute Gasteiger partial charge is 0.508 e. The molecule has 1 aromatic rings. The van der Waals surface area contributed by atoms with Gasteiger partial charge in [0.25, 0.3) is 5.91 Å². The summed E-state index contributed by atoms with van der Waals surface area (Å²) in [6.07, 6.45) is 3.29. The van der Waals surface area contributed by atoms with Crippen LogP contribution in [0.2, 0.25) is 0 Å². The minimum atomic E-state index is -0.733. The van der Waals surface area contributed by atoms with Crippen molar-refractivity contribution >= 4 is 11.9 Å². The van der Waals surface area contributed by atoms with Gasteiger partial charge >= 0.3 is 5.97 Å². The quantitative estimate of drug-likeness (QED) is 0.873. The summed E-state index contributed by atoms with van der Waals surface area (Å²) in [5, 5.41) is 19.1. The average molecular weight is 346 g/mol. The third-order valence-corrected chi connectivity index (χ3v) is 5.61. The van der Waals surface area contributed by atoms with Gasteiger partial charge in [-0.2, -0.15) is 0 Å². The van der Waals surface area contributed by atoms with E-state index in [0.29, 0.717) is 25.1 Å². The molecule has 1 amide bonds. The Morgan fingerprint density at radius 2 is 2.00 bits per heavy atom. The van der Waals surface area contributed by atoms with Crippen LogP contribution in [-0.2, 0) is 4.79 Å². The Kier molecular flexibility index (Phi) is 4.99. The maximum atomic E-state index is 12.6. The summed E-state index contributed by atoms with van der Waals surface area (Å²) in [6.45, 7) is 4.97. The van der Waals surface area contributed by atoms with Gasteiger partial charge in [0.15, 0.2) is 0 Å². The Morgan fingerprint density at radius 3 is 2.60 bits per heavy atom. The summed E-state index contributed by atoms with van der Waals surface area (Å²) in [5.41, 5.74) is 0.506. The monoisotopic (exact) mass is 346 g/mol. The molecule has 1 atom stereocenters. The van der Waals surface area contributed by atoms with Gasteiger partial charge in [0, 0.05) is 25.2 Å². The Morgan fingerprint density at radius 1 is 1.28 bits per heavy atom. The van der Waals surface area contributed by atoms with Gasteiger partial charge < -0.3 is 15.1 Å². The second kappa shape index (κ2) is 7.04. The highest BCUT2D eigenvalue weighted by Crippen LogP contribution is 2.43. The zero-order valence-corrected chi connectivity index (χ0v) is 14.6. The van der Waals surface area contributed by atoms with E-state index in [0.717, 1.165) is 32.4 Å². The van der Waals surface area contributed by atoms with Crippen LogP contribution < -0.4 is 0 Å². The molecule has 0 aromatic heterocycles. The van der Waals surface area contributed by atoms with Crippen LogP contribution >= 0.6 is 0 Å². The second-order valence-electron chi connectivity index (χ2n) is 7.37. The van der Waals surface area contributed by atoms with E-state index in [1.165, 1.54) is 6.07 Å². The van der Waals surface area contributed by atoms with Crippen LogP contribution in [0.5, 0.6) is 5.75 Å². The standard InChI is InChI=1S/C19H26N2O4/c1-2-8-21-13-19(12-16(21)18(24)25)6-9-20(10-7-19)17(23)14-4-3-5-15(22)11-14/h3-5,11,16,22H,2,6-10,12-13H2,1H3,(H,24,25). The molecule has 3 rings (SSSR count). The van der Waals surface area contributed by atoms with Crippen molar-refractivity contribution in [1.29, 1.82) is 0 Å². The molecule has 2 N–H and O–H groups in total. The first-order valence-corrected chi connectivity index (χ1v) is 8.99. The number of carbonyl (C=O) groups is 2. The van der Waals surface area contributed by atoms with Crippen LogP contribution in [0.25, 0.3) is 0 Å². The maximum absolute atomic E-state index is 12.6. The Balaban J connectivity index is 1.65. The number of aliphatic carboxylic acids is 1. The smallest absolute Gasteiger partial charge is 0.320 e. The summed E-state index contributed by atoms with van der Waals surface area (Å²) >= 11 is 0. The van der Waals surface area contributed by atoms with Gasteiger partial charge in [-0.1, -0.05) is 13.0 Å². The van der Waals surface area contributed by atoms with E-state index in [-0.39, 0.29) is 17.1 Å². The minimum Gasteiger partial charge on any atom is -0.508 e. The molecule has 2 heterocycles. The number of hydrogen-bond donors (Lipinski definition) is 2. The van der Waals surface area contributed by atoms with Gasteiger partial charge in [-0.3, -0.25) is 14.5 Å². The molecule has 136 valence electrons. The van der Waals surface area contributed by atoms with E-state index < -0.39 is 12.0 Å². The first-order valence-electron chi connectivity index (χ1n) is 8.99. The summed E-state index contributed by atoms with van der Waals surface area (Å²) in [4.78, 5) is 28.1. The van der Waals surface area contributed by atoms with Crippen LogP contribution in [0, 0.1) is 5.41 Å². The van der Waals surface area contributed by atoms with Crippen molar-refractivity contribution in [3.8, 4) is 5.75 Å². The number of phenolic OH excluding ortho intramolecular Hbond substituents is 1. The molecule has 2 fully saturated rings. The normalized spacial score (nSPS) is 23.1. The van der Waals surface area contributed by atoms with Gasteiger partial charge in [-0.05, 0) is 55.8 Å². The maximum Gasteiger partial charge on any atom is 0.320 e. The summed E-state index contributed by atoms with van der Waals surface area (Å²) in [6, 6.07) is 6.03. The summed E-state index contributed by atoms with van der Waals surface area (Å²) < 4.78 is 0. The molecule has 0 radical (unpaired) electrons. The van der Waals surface area contributed by atoms with Crippen LogP contribution in [0.15, 0.2) is 24.3 Å².